The Hall–Kier alpha value is -0.370. The maximum Gasteiger partial charge on any atom is 0.165 e. The van der Waals surface area contributed by atoms with E-state index in [2.05, 4.69) is 13.8 Å². The average molecular weight is 182 g/mol. The minimum atomic E-state index is -0.468. The third kappa shape index (κ3) is 0.899. The van der Waals surface area contributed by atoms with Crippen LogP contribution in [0.15, 0.2) is 0 Å². The quantitative estimate of drug-likeness (QED) is 0.653. The number of rotatable bonds is 2. The van der Waals surface area contributed by atoms with Crippen LogP contribution in [-0.4, -0.2) is 18.5 Å². The van der Waals surface area contributed by atoms with Gasteiger partial charge >= 0.3 is 0 Å². The van der Waals surface area contributed by atoms with E-state index in [9.17, 15) is 4.79 Å². The fourth-order valence-corrected chi connectivity index (χ4v) is 3.03. The van der Waals surface area contributed by atoms with Gasteiger partial charge in [0.1, 0.15) is 5.60 Å². The van der Waals surface area contributed by atoms with E-state index < -0.39 is 5.60 Å². The predicted molar refractivity (Wildman–Crippen MR) is 50.4 cm³/mol. The molecule has 2 aliphatic rings. The molecule has 0 unspecified atom stereocenters. The highest BCUT2D eigenvalue weighted by molar-refractivity contribution is 5.92. The molecule has 0 amide bonds. The third-order valence-electron chi connectivity index (χ3n) is 4.40. The zero-order chi connectivity index (χ0) is 9.85. The van der Waals surface area contributed by atoms with E-state index in [0.717, 1.165) is 6.42 Å². The Bertz CT molecular complexity index is 259. The highest BCUT2D eigenvalue weighted by Gasteiger charge is 2.72. The van der Waals surface area contributed by atoms with Gasteiger partial charge in [-0.2, -0.15) is 0 Å². The number of ether oxygens (including phenoxy) is 1. The topological polar surface area (TPSA) is 26.3 Å². The first-order valence-corrected chi connectivity index (χ1v) is 5.06. The summed E-state index contributed by atoms with van der Waals surface area (Å²) < 4.78 is 5.39. The molecule has 3 atom stereocenters. The van der Waals surface area contributed by atoms with Crippen LogP contribution in [0.3, 0.4) is 0 Å². The normalized spacial score (nSPS) is 48.4. The second kappa shape index (κ2) is 2.35. The molecule has 0 aromatic heterocycles. The van der Waals surface area contributed by atoms with Gasteiger partial charge in [-0.1, -0.05) is 13.8 Å². The molecule has 2 fully saturated rings. The molecule has 0 bridgehead atoms. The molecule has 0 spiro atoms. The van der Waals surface area contributed by atoms with Crippen LogP contribution >= 0.6 is 0 Å². The van der Waals surface area contributed by atoms with Gasteiger partial charge in [0.15, 0.2) is 5.78 Å². The smallest absolute Gasteiger partial charge is 0.165 e. The van der Waals surface area contributed by atoms with Crippen molar-refractivity contribution in [2.75, 3.05) is 7.11 Å². The van der Waals surface area contributed by atoms with Gasteiger partial charge in [0, 0.05) is 19.4 Å². The number of carbonyl (C=O) groups excluding carboxylic acids is 1. The summed E-state index contributed by atoms with van der Waals surface area (Å²) in [5.41, 5.74) is -0.174. The molecule has 0 aromatic rings. The molecule has 2 rings (SSSR count). The lowest BCUT2D eigenvalue weighted by molar-refractivity contribution is -0.137. The molecule has 13 heavy (non-hydrogen) atoms. The van der Waals surface area contributed by atoms with E-state index in [0.29, 0.717) is 23.0 Å². The van der Waals surface area contributed by atoms with Crippen LogP contribution in [0, 0.1) is 17.3 Å². The maximum atomic E-state index is 11.8. The molecule has 0 aliphatic heterocycles. The van der Waals surface area contributed by atoms with Crippen molar-refractivity contribution in [2.45, 2.75) is 39.2 Å². The summed E-state index contributed by atoms with van der Waals surface area (Å²) in [6.45, 7) is 6.39. The summed E-state index contributed by atoms with van der Waals surface area (Å²) in [7, 11) is 1.66. The summed E-state index contributed by atoms with van der Waals surface area (Å²) in [5.74, 6) is 1.40. The molecular weight excluding hydrogens is 164 g/mol. The van der Waals surface area contributed by atoms with Crippen LogP contribution in [0.5, 0.6) is 0 Å². The van der Waals surface area contributed by atoms with Crippen molar-refractivity contribution in [3.05, 3.63) is 0 Å². The Morgan fingerprint density at radius 1 is 1.54 bits per heavy atom. The molecule has 2 heteroatoms. The Morgan fingerprint density at radius 2 is 2.15 bits per heavy atom. The Labute approximate surface area is 79.7 Å². The minimum Gasteiger partial charge on any atom is -0.370 e. The molecule has 2 nitrogen and oxygen atoms in total. The molecule has 0 saturated heterocycles. The molecule has 0 aromatic carbocycles. The standard InChI is InChI=1S/C11H18O2/c1-7(2)11-5-8(11)10(3,13-4)9(12)6-11/h7-8H,5-6H2,1-4H3/t8-,10+,11-/m0/s1. The van der Waals surface area contributed by atoms with Crippen molar-refractivity contribution >= 4 is 5.78 Å². The van der Waals surface area contributed by atoms with Crippen LogP contribution in [0.4, 0.5) is 0 Å². The second-order valence-corrected chi connectivity index (χ2v) is 5.06. The molecule has 0 N–H and O–H groups in total. The molecule has 74 valence electrons. The lowest BCUT2D eigenvalue weighted by Gasteiger charge is -2.22. The molecule has 0 radical (unpaired) electrons. The number of methoxy groups -OCH3 is 1. The Kier molecular flexibility index (Phi) is 1.66. The molecule has 2 saturated carbocycles. The van der Waals surface area contributed by atoms with Crippen LogP contribution in [0.2, 0.25) is 0 Å². The summed E-state index contributed by atoms with van der Waals surface area (Å²) in [4.78, 5) is 11.8. The van der Waals surface area contributed by atoms with Crippen LogP contribution in [0.1, 0.15) is 33.6 Å². The first-order valence-electron chi connectivity index (χ1n) is 5.06. The number of Topliss-reactive ketones (excluding diaryl/α,β-unsaturated/α-hetero) is 1. The fourth-order valence-electron chi connectivity index (χ4n) is 3.03. The van der Waals surface area contributed by atoms with Gasteiger partial charge in [0.2, 0.25) is 0 Å². The highest BCUT2D eigenvalue weighted by Crippen LogP contribution is 2.70. The monoisotopic (exact) mass is 182 g/mol. The van der Waals surface area contributed by atoms with E-state index in [1.54, 1.807) is 7.11 Å². The van der Waals surface area contributed by atoms with Gasteiger partial charge in [-0.15, -0.1) is 0 Å². The van der Waals surface area contributed by atoms with Gasteiger partial charge in [-0.3, -0.25) is 4.79 Å². The zero-order valence-electron chi connectivity index (χ0n) is 8.89. The van der Waals surface area contributed by atoms with Crippen molar-refractivity contribution in [1.29, 1.82) is 0 Å². The van der Waals surface area contributed by atoms with Crippen molar-refractivity contribution < 1.29 is 9.53 Å². The van der Waals surface area contributed by atoms with E-state index in [-0.39, 0.29) is 0 Å². The number of carbonyl (C=O) groups is 1. The van der Waals surface area contributed by atoms with E-state index in [1.165, 1.54) is 6.42 Å². The second-order valence-electron chi connectivity index (χ2n) is 5.06. The number of hydrogen-bond acceptors (Lipinski definition) is 2. The first-order chi connectivity index (χ1) is 5.97. The summed E-state index contributed by atoms with van der Waals surface area (Å²) >= 11 is 0. The van der Waals surface area contributed by atoms with Crippen molar-refractivity contribution in [2.24, 2.45) is 17.3 Å². The van der Waals surface area contributed by atoms with Crippen LogP contribution in [-0.2, 0) is 9.53 Å². The lowest BCUT2D eigenvalue weighted by Crippen LogP contribution is -2.35. The lowest BCUT2D eigenvalue weighted by atomic mass is 9.90. The van der Waals surface area contributed by atoms with Crippen molar-refractivity contribution in [3.63, 3.8) is 0 Å². The first kappa shape index (κ1) is 9.20. The fraction of sp³-hybridized carbons (Fsp3) is 0.909. The predicted octanol–water partition coefficient (Wildman–Crippen LogP) is 2.03. The van der Waals surface area contributed by atoms with Crippen molar-refractivity contribution in [3.8, 4) is 0 Å². The largest absolute Gasteiger partial charge is 0.370 e. The van der Waals surface area contributed by atoms with Crippen LogP contribution in [0.25, 0.3) is 0 Å². The summed E-state index contributed by atoms with van der Waals surface area (Å²) in [6, 6.07) is 0. The highest BCUT2D eigenvalue weighted by atomic mass is 16.5. The maximum absolute atomic E-state index is 11.8. The number of hydrogen-bond donors (Lipinski definition) is 0. The van der Waals surface area contributed by atoms with Gasteiger partial charge in [-0.25, -0.2) is 0 Å². The Morgan fingerprint density at radius 3 is 2.46 bits per heavy atom. The minimum absolute atomic E-state index is 0.293. The molecular formula is C11H18O2. The zero-order valence-corrected chi connectivity index (χ0v) is 8.89. The third-order valence-corrected chi connectivity index (χ3v) is 4.40. The SMILES string of the molecule is CO[C@@]1(C)C(=O)C[C@]2(C(C)C)C[C@H]21. The Balaban J connectivity index is 2.27. The summed E-state index contributed by atoms with van der Waals surface area (Å²) in [5, 5.41) is 0. The van der Waals surface area contributed by atoms with Gasteiger partial charge in [0.05, 0.1) is 0 Å². The van der Waals surface area contributed by atoms with E-state index >= 15 is 0 Å². The van der Waals surface area contributed by atoms with E-state index in [4.69, 9.17) is 4.74 Å². The number of fused-ring (bicyclic) bond motifs is 1. The van der Waals surface area contributed by atoms with Gasteiger partial charge in [0.25, 0.3) is 0 Å². The average Bonchev–Trinajstić information content (AvgIpc) is 2.75. The van der Waals surface area contributed by atoms with Gasteiger partial charge in [-0.05, 0) is 24.7 Å². The van der Waals surface area contributed by atoms with Gasteiger partial charge < -0.3 is 4.74 Å². The summed E-state index contributed by atoms with van der Waals surface area (Å²) in [6.07, 6.45) is 1.92. The molecule has 2 aliphatic carbocycles. The number of ketones is 1. The van der Waals surface area contributed by atoms with E-state index in [1.807, 2.05) is 6.92 Å². The van der Waals surface area contributed by atoms with Crippen molar-refractivity contribution in [1.82, 2.24) is 0 Å². The van der Waals surface area contributed by atoms with Crippen LogP contribution < -0.4 is 0 Å². The molecule has 0 heterocycles.